The molecular formula is C26H29N5O2. The van der Waals surface area contributed by atoms with E-state index in [1.807, 2.05) is 36.6 Å². The average molecular weight is 444 g/mol. The molecule has 3 heterocycles. The molecule has 0 bridgehead atoms. The van der Waals surface area contributed by atoms with Crippen molar-refractivity contribution < 1.29 is 0 Å². The van der Waals surface area contributed by atoms with E-state index in [9.17, 15) is 9.59 Å². The SMILES string of the molecule is Cc1ccc(N2CCCn3c2nc2c3c(=O)n(Cc3cc(C)ccc3C)c(=O)n2C)c(C)c1. The Hall–Kier alpha value is -3.61. The molecule has 0 fully saturated rings. The van der Waals surface area contributed by atoms with Gasteiger partial charge in [-0.1, -0.05) is 41.5 Å². The molecule has 0 unspecified atom stereocenters. The number of anilines is 2. The Labute approximate surface area is 192 Å². The van der Waals surface area contributed by atoms with E-state index >= 15 is 0 Å². The summed E-state index contributed by atoms with van der Waals surface area (Å²) in [7, 11) is 1.70. The van der Waals surface area contributed by atoms with E-state index in [0.717, 1.165) is 46.9 Å². The number of hydrogen-bond acceptors (Lipinski definition) is 4. The van der Waals surface area contributed by atoms with Crippen molar-refractivity contribution in [2.24, 2.45) is 7.05 Å². The first-order chi connectivity index (χ1) is 15.8. The zero-order chi connectivity index (χ0) is 23.4. The van der Waals surface area contributed by atoms with Crippen LogP contribution in [-0.2, 0) is 20.1 Å². The molecule has 4 aromatic rings. The molecule has 1 aliphatic heterocycles. The second-order valence-corrected chi connectivity index (χ2v) is 9.19. The third-order valence-electron chi connectivity index (χ3n) is 6.69. The van der Waals surface area contributed by atoms with Crippen molar-refractivity contribution in [3.05, 3.63) is 85.1 Å². The van der Waals surface area contributed by atoms with Gasteiger partial charge >= 0.3 is 5.69 Å². The highest BCUT2D eigenvalue weighted by Crippen LogP contribution is 2.33. The summed E-state index contributed by atoms with van der Waals surface area (Å²) in [6.07, 6.45) is 0.894. The van der Waals surface area contributed by atoms with E-state index in [1.165, 1.54) is 14.7 Å². The summed E-state index contributed by atoms with van der Waals surface area (Å²) < 4.78 is 4.84. The Balaban J connectivity index is 1.71. The molecule has 7 heteroatoms. The Morgan fingerprint density at radius 3 is 2.39 bits per heavy atom. The second kappa shape index (κ2) is 7.76. The molecule has 170 valence electrons. The number of aromatic nitrogens is 4. The fraction of sp³-hybridized carbons (Fsp3) is 0.346. The van der Waals surface area contributed by atoms with Gasteiger partial charge in [-0.15, -0.1) is 0 Å². The standard InChI is InChI=1S/C26H29N5O2/c1-16-8-10-21(19(4)13-16)29-11-6-12-30-22-23(27-25(29)30)28(5)26(33)31(24(22)32)15-20-14-17(2)7-9-18(20)3/h7-10,13-14H,6,11-12,15H2,1-5H3. The van der Waals surface area contributed by atoms with Crippen LogP contribution in [0.15, 0.2) is 46.0 Å². The van der Waals surface area contributed by atoms with Crippen LogP contribution >= 0.6 is 0 Å². The van der Waals surface area contributed by atoms with Crippen molar-refractivity contribution in [3.8, 4) is 0 Å². The number of hydrogen-bond donors (Lipinski definition) is 0. The summed E-state index contributed by atoms with van der Waals surface area (Å²) in [5, 5.41) is 0. The van der Waals surface area contributed by atoms with Crippen molar-refractivity contribution in [2.75, 3.05) is 11.4 Å². The Morgan fingerprint density at radius 1 is 0.909 bits per heavy atom. The Morgan fingerprint density at radius 2 is 1.64 bits per heavy atom. The molecule has 0 aliphatic carbocycles. The topological polar surface area (TPSA) is 65.1 Å². The van der Waals surface area contributed by atoms with Crippen LogP contribution < -0.4 is 16.1 Å². The molecule has 5 rings (SSSR count). The minimum atomic E-state index is -0.345. The van der Waals surface area contributed by atoms with Crippen molar-refractivity contribution in [2.45, 2.75) is 47.2 Å². The van der Waals surface area contributed by atoms with Crippen LogP contribution in [0.3, 0.4) is 0 Å². The third-order valence-corrected chi connectivity index (χ3v) is 6.69. The summed E-state index contributed by atoms with van der Waals surface area (Å²) in [4.78, 5) is 33.9. The lowest BCUT2D eigenvalue weighted by Gasteiger charge is -2.30. The van der Waals surface area contributed by atoms with Gasteiger partial charge in [0.25, 0.3) is 5.56 Å². The largest absolute Gasteiger partial charge is 0.332 e. The fourth-order valence-corrected chi connectivity index (χ4v) is 4.88. The van der Waals surface area contributed by atoms with Crippen LogP contribution in [0.2, 0.25) is 0 Å². The van der Waals surface area contributed by atoms with Gasteiger partial charge in [-0.3, -0.25) is 13.9 Å². The van der Waals surface area contributed by atoms with Crippen LogP contribution in [0.25, 0.3) is 11.2 Å². The van der Waals surface area contributed by atoms with E-state index < -0.39 is 0 Å². The van der Waals surface area contributed by atoms with Crippen LogP contribution in [-0.4, -0.2) is 25.2 Å². The predicted molar refractivity (Wildman–Crippen MR) is 132 cm³/mol. The highest BCUT2D eigenvalue weighted by molar-refractivity contribution is 5.77. The van der Waals surface area contributed by atoms with Crippen LogP contribution in [0, 0.1) is 27.7 Å². The summed E-state index contributed by atoms with van der Waals surface area (Å²) >= 11 is 0. The van der Waals surface area contributed by atoms with Gasteiger partial charge in [0.1, 0.15) is 0 Å². The lowest BCUT2D eigenvalue weighted by molar-refractivity contribution is 0.597. The van der Waals surface area contributed by atoms with Gasteiger partial charge in [-0.05, 0) is 56.9 Å². The second-order valence-electron chi connectivity index (χ2n) is 9.19. The lowest BCUT2D eigenvalue weighted by Crippen LogP contribution is -2.40. The first-order valence-corrected chi connectivity index (χ1v) is 11.4. The molecule has 0 atom stereocenters. The molecule has 33 heavy (non-hydrogen) atoms. The predicted octanol–water partition coefficient (Wildman–Crippen LogP) is 3.72. The number of imidazole rings is 1. The first kappa shape index (κ1) is 21.2. The van der Waals surface area contributed by atoms with E-state index in [0.29, 0.717) is 17.7 Å². The van der Waals surface area contributed by atoms with Gasteiger partial charge in [-0.2, -0.15) is 4.98 Å². The first-order valence-electron chi connectivity index (χ1n) is 11.4. The van der Waals surface area contributed by atoms with Crippen LogP contribution in [0.4, 0.5) is 11.6 Å². The molecule has 0 radical (unpaired) electrons. The maximum atomic E-state index is 13.7. The van der Waals surface area contributed by atoms with Crippen LogP contribution in [0.5, 0.6) is 0 Å². The zero-order valence-electron chi connectivity index (χ0n) is 19.8. The number of fused-ring (bicyclic) bond motifs is 3. The minimum absolute atomic E-state index is 0.246. The maximum absolute atomic E-state index is 13.7. The summed E-state index contributed by atoms with van der Waals surface area (Å²) in [6.45, 7) is 9.96. The molecule has 0 N–H and O–H groups in total. The number of nitrogens with zero attached hydrogens (tertiary/aromatic N) is 5. The summed E-state index contributed by atoms with van der Waals surface area (Å²) in [6, 6.07) is 12.5. The molecular weight excluding hydrogens is 414 g/mol. The maximum Gasteiger partial charge on any atom is 0.332 e. The van der Waals surface area contributed by atoms with Gasteiger partial charge in [0.05, 0.1) is 6.54 Å². The molecule has 0 saturated carbocycles. The van der Waals surface area contributed by atoms with Gasteiger partial charge in [0.2, 0.25) is 5.95 Å². The van der Waals surface area contributed by atoms with Gasteiger partial charge in [0.15, 0.2) is 11.2 Å². The molecule has 1 aliphatic rings. The molecule has 0 amide bonds. The van der Waals surface area contributed by atoms with Crippen molar-refractivity contribution in [1.82, 2.24) is 18.7 Å². The molecule has 2 aromatic heterocycles. The zero-order valence-corrected chi connectivity index (χ0v) is 19.8. The highest BCUT2D eigenvalue weighted by atomic mass is 16.2. The van der Waals surface area contributed by atoms with Crippen molar-refractivity contribution in [3.63, 3.8) is 0 Å². The molecule has 2 aromatic carbocycles. The lowest BCUT2D eigenvalue weighted by atomic mass is 10.1. The molecule has 7 nitrogen and oxygen atoms in total. The average Bonchev–Trinajstić information content (AvgIpc) is 3.18. The molecule has 0 spiro atoms. The normalized spacial score (nSPS) is 13.5. The molecule has 0 saturated heterocycles. The number of benzene rings is 2. The van der Waals surface area contributed by atoms with E-state index in [-0.39, 0.29) is 17.8 Å². The summed E-state index contributed by atoms with van der Waals surface area (Å²) in [5.41, 5.74) is 6.90. The smallest absolute Gasteiger partial charge is 0.312 e. The van der Waals surface area contributed by atoms with E-state index in [1.54, 1.807) is 7.05 Å². The quantitative estimate of drug-likeness (QED) is 0.484. The summed E-state index contributed by atoms with van der Waals surface area (Å²) in [5.74, 6) is 0.722. The highest BCUT2D eigenvalue weighted by Gasteiger charge is 2.27. The third kappa shape index (κ3) is 3.39. The van der Waals surface area contributed by atoms with E-state index in [2.05, 4.69) is 36.9 Å². The Bertz CT molecular complexity index is 1520. The fourth-order valence-electron chi connectivity index (χ4n) is 4.88. The van der Waals surface area contributed by atoms with Crippen molar-refractivity contribution in [1.29, 1.82) is 0 Å². The Kier molecular flexibility index (Phi) is 5.00. The van der Waals surface area contributed by atoms with Gasteiger partial charge in [-0.25, -0.2) is 4.79 Å². The van der Waals surface area contributed by atoms with Gasteiger partial charge < -0.3 is 9.47 Å². The van der Waals surface area contributed by atoms with Crippen molar-refractivity contribution >= 4 is 22.8 Å². The van der Waals surface area contributed by atoms with E-state index in [4.69, 9.17) is 4.98 Å². The van der Waals surface area contributed by atoms with Gasteiger partial charge in [0, 0.05) is 25.8 Å². The van der Waals surface area contributed by atoms with Crippen LogP contribution in [0.1, 0.15) is 34.2 Å². The number of aryl methyl sites for hydroxylation is 6. The monoisotopic (exact) mass is 443 g/mol. The number of rotatable bonds is 3. The minimum Gasteiger partial charge on any atom is -0.312 e.